The van der Waals surface area contributed by atoms with E-state index in [1.807, 2.05) is 6.07 Å². The molecule has 2 aromatic rings. The minimum absolute atomic E-state index is 0.273. The van der Waals surface area contributed by atoms with Gasteiger partial charge in [-0.05, 0) is 17.7 Å². The third-order valence-corrected chi connectivity index (χ3v) is 2.65. The minimum Gasteiger partial charge on any atom is -0.292 e. The molecule has 18 heavy (non-hydrogen) atoms. The maximum absolute atomic E-state index is 12.8. The molecule has 2 rings (SSSR count). The number of halogens is 1. The second-order valence-electron chi connectivity index (χ2n) is 3.84. The van der Waals surface area contributed by atoms with Gasteiger partial charge in [0.15, 0.2) is 5.78 Å². The van der Waals surface area contributed by atoms with Crippen molar-refractivity contribution < 1.29 is 9.18 Å². The normalized spacial score (nSPS) is 11.6. The van der Waals surface area contributed by atoms with Gasteiger partial charge in [0.05, 0.1) is 6.07 Å². The summed E-state index contributed by atoms with van der Waals surface area (Å²) in [6.07, 6.45) is 0. The summed E-state index contributed by atoms with van der Waals surface area (Å²) in [5.74, 6) is -1.56. The van der Waals surface area contributed by atoms with E-state index in [1.165, 1.54) is 24.3 Å². The van der Waals surface area contributed by atoms with Crippen LogP contribution >= 0.6 is 0 Å². The topological polar surface area (TPSA) is 40.9 Å². The summed E-state index contributed by atoms with van der Waals surface area (Å²) in [6.45, 7) is 0. The molecule has 88 valence electrons. The largest absolute Gasteiger partial charge is 0.292 e. The Hall–Kier alpha value is -2.47. The van der Waals surface area contributed by atoms with Gasteiger partial charge in [0, 0.05) is 5.56 Å². The molecular weight excluding hydrogens is 229 g/mol. The van der Waals surface area contributed by atoms with Crippen molar-refractivity contribution in [2.24, 2.45) is 0 Å². The first-order valence-corrected chi connectivity index (χ1v) is 5.46. The highest BCUT2D eigenvalue weighted by Crippen LogP contribution is 2.20. The molecule has 0 saturated heterocycles. The van der Waals surface area contributed by atoms with Crippen LogP contribution < -0.4 is 0 Å². The van der Waals surface area contributed by atoms with Gasteiger partial charge in [0.2, 0.25) is 0 Å². The minimum atomic E-state index is -0.895. The number of hydrogen-bond acceptors (Lipinski definition) is 2. The molecule has 0 aliphatic rings. The first-order chi connectivity index (χ1) is 8.72. The van der Waals surface area contributed by atoms with Crippen molar-refractivity contribution in [2.75, 3.05) is 0 Å². The van der Waals surface area contributed by atoms with Crippen molar-refractivity contribution in [2.45, 2.75) is 5.92 Å². The van der Waals surface area contributed by atoms with E-state index in [0.29, 0.717) is 11.1 Å². The molecule has 0 amide bonds. The Balaban J connectivity index is 2.33. The van der Waals surface area contributed by atoms with Crippen LogP contribution in [0.2, 0.25) is 0 Å². The zero-order valence-electron chi connectivity index (χ0n) is 9.51. The fourth-order valence-corrected chi connectivity index (χ4v) is 1.71. The van der Waals surface area contributed by atoms with Crippen LogP contribution in [0.5, 0.6) is 0 Å². The quantitative estimate of drug-likeness (QED) is 0.771. The lowest BCUT2D eigenvalue weighted by molar-refractivity contribution is 0.0979. The number of ketones is 1. The highest BCUT2D eigenvalue weighted by atomic mass is 19.1. The van der Waals surface area contributed by atoms with Crippen LogP contribution in [0.4, 0.5) is 4.39 Å². The smallest absolute Gasteiger partial charge is 0.184 e. The van der Waals surface area contributed by atoms with Crippen molar-refractivity contribution in [1.29, 1.82) is 5.26 Å². The van der Waals surface area contributed by atoms with Crippen LogP contribution in [0.1, 0.15) is 21.8 Å². The van der Waals surface area contributed by atoms with E-state index in [2.05, 4.69) is 0 Å². The van der Waals surface area contributed by atoms with E-state index in [-0.39, 0.29) is 11.6 Å². The third kappa shape index (κ3) is 2.44. The van der Waals surface area contributed by atoms with Crippen LogP contribution in [0.15, 0.2) is 54.6 Å². The van der Waals surface area contributed by atoms with Crippen molar-refractivity contribution in [1.82, 2.24) is 0 Å². The summed E-state index contributed by atoms with van der Waals surface area (Å²) in [4.78, 5) is 12.1. The molecule has 0 aliphatic carbocycles. The lowest BCUT2D eigenvalue weighted by atomic mass is 9.92. The predicted molar refractivity (Wildman–Crippen MR) is 65.5 cm³/mol. The number of hydrogen-bond donors (Lipinski definition) is 0. The molecule has 0 spiro atoms. The molecule has 0 bridgehead atoms. The molecule has 1 atom stereocenters. The van der Waals surface area contributed by atoms with Gasteiger partial charge in [-0.25, -0.2) is 4.39 Å². The Morgan fingerprint density at radius 1 is 1.06 bits per heavy atom. The Morgan fingerprint density at radius 2 is 1.67 bits per heavy atom. The Kier molecular flexibility index (Phi) is 3.49. The third-order valence-electron chi connectivity index (χ3n) is 2.65. The average molecular weight is 239 g/mol. The van der Waals surface area contributed by atoms with Gasteiger partial charge in [-0.3, -0.25) is 4.79 Å². The molecule has 0 radical (unpaired) electrons. The number of benzene rings is 2. The zero-order valence-corrected chi connectivity index (χ0v) is 9.51. The molecule has 0 fully saturated rings. The van der Waals surface area contributed by atoms with Crippen molar-refractivity contribution in [3.63, 3.8) is 0 Å². The molecule has 0 aliphatic heterocycles. The SMILES string of the molecule is N#CC(C(=O)c1ccccc1)c1ccc(F)cc1. The van der Waals surface area contributed by atoms with Gasteiger partial charge in [-0.15, -0.1) is 0 Å². The monoisotopic (exact) mass is 239 g/mol. The number of nitrogens with zero attached hydrogens (tertiary/aromatic N) is 1. The Morgan fingerprint density at radius 3 is 2.22 bits per heavy atom. The van der Waals surface area contributed by atoms with Crippen molar-refractivity contribution in [3.8, 4) is 6.07 Å². The van der Waals surface area contributed by atoms with Crippen LogP contribution in [0, 0.1) is 17.1 Å². The highest BCUT2D eigenvalue weighted by molar-refractivity contribution is 6.02. The van der Waals surface area contributed by atoms with Gasteiger partial charge in [-0.2, -0.15) is 5.26 Å². The standard InChI is InChI=1S/C15H10FNO/c16-13-8-6-11(7-9-13)14(10-17)15(18)12-4-2-1-3-5-12/h1-9,14H. The van der Waals surface area contributed by atoms with Gasteiger partial charge in [0.25, 0.3) is 0 Å². The van der Waals surface area contributed by atoms with E-state index in [4.69, 9.17) is 5.26 Å². The first kappa shape index (κ1) is 12.0. The Bertz CT molecular complexity index is 584. The molecule has 3 heteroatoms. The van der Waals surface area contributed by atoms with Crippen LogP contribution in [0.3, 0.4) is 0 Å². The summed E-state index contributed by atoms with van der Waals surface area (Å²) in [6, 6.07) is 16.0. The van der Waals surface area contributed by atoms with Crippen molar-refractivity contribution in [3.05, 3.63) is 71.5 Å². The molecule has 0 saturated carbocycles. The van der Waals surface area contributed by atoms with Gasteiger partial charge in [0.1, 0.15) is 11.7 Å². The summed E-state index contributed by atoms with van der Waals surface area (Å²) in [5.41, 5.74) is 0.987. The van der Waals surface area contributed by atoms with E-state index >= 15 is 0 Å². The molecule has 2 nitrogen and oxygen atoms in total. The molecule has 0 aromatic heterocycles. The zero-order chi connectivity index (χ0) is 13.0. The van der Waals surface area contributed by atoms with Crippen molar-refractivity contribution >= 4 is 5.78 Å². The van der Waals surface area contributed by atoms with Crippen LogP contribution in [-0.2, 0) is 0 Å². The summed E-state index contributed by atoms with van der Waals surface area (Å²) in [5, 5.41) is 9.12. The maximum Gasteiger partial charge on any atom is 0.184 e. The van der Waals surface area contributed by atoms with Crippen LogP contribution in [0.25, 0.3) is 0 Å². The number of rotatable bonds is 3. The first-order valence-electron chi connectivity index (χ1n) is 5.46. The number of nitriles is 1. The fourth-order valence-electron chi connectivity index (χ4n) is 1.71. The predicted octanol–water partition coefficient (Wildman–Crippen LogP) is 3.32. The lowest BCUT2D eigenvalue weighted by Gasteiger charge is -2.08. The molecule has 0 N–H and O–H groups in total. The van der Waals surface area contributed by atoms with E-state index in [1.54, 1.807) is 30.3 Å². The Labute approximate surface area is 104 Å². The summed E-state index contributed by atoms with van der Waals surface area (Å²) in [7, 11) is 0. The van der Waals surface area contributed by atoms with E-state index in [9.17, 15) is 9.18 Å². The maximum atomic E-state index is 12.8. The molecule has 0 heterocycles. The molecule has 1 unspecified atom stereocenters. The highest BCUT2D eigenvalue weighted by Gasteiger charge is 2.21. The van der Waals surface area contributed by atoms with Gasteiger partial charge < -0.3 is 0 Å². The van der Waals surface area contributed by atoms with E-state index < -0.39 is 5.92 Å². The fraction of sp³-hybridized carbons (Fsp3) is 0.0667. The summed E-state index contributed by atoms with van der Waals surface area (Å²) >= 11 is 0. The van der Waals surface area contributed by atoms with Gasteiger partial charge >= 0.3 is 0 Å². The number of carbonyl (C=O) groups is 1. The lowest BCUT2D eigenvalue weighted by Crippen LogP contribution is -2.11. The second kappa shape index (κ2) is 5.24. The number of Topliss-reactive ketones (excluding diaryl/α,β-unsaturated/α-hetero) is 1. The van der Waals surface area contributed by atoms with Gasteiger partial charge in [-0.1, -0.05) is 42.5 Å². The molecule has 2 aromatic carbocycles. The molecular formula is C15H10FNO. The summed E-state index contributed by atoms with van der Waals surface area (Å²) < 4.78 is 12.8. The number of carbonyl (C=O) groups excluding carboxylic acids is 1. The van der Waals surface area contributed by atoms with Crippen LogP contribution in [-0.4, -0.2) is 5.78 Å². The average Bonchev–Trinajstić information content (AvgIpc) is 2.42. The second-order valence-corrected chi connectivity index (χ2v) is 3.84. The van der Waals surface area contributed by atoms with E-state index in [0.717, 1.165) is 0 Å².